The number of carboxylic acids is 1. The van der Waals surface area contributed by atoms with Gasteiger partial charge in [-0.3, -0.25) is 4.79 Å². The lowest BCUT2D eigenvalue weighted by molar-refractivity contribution is -0.139. The van der Waals surface area contributed by atoms with E-state index in [4.69, 9.17) is 5.11 Å². The van der Waals surface area contributed by atoms with E-state index in [9.17, 15) is 9.18 Å². The average Bonchev–Trinajstić information content (AvgIpc) is 2.74. The average molecular weight is 271 g/mol. The van der Waals surface area contributed by atoms with Crippen molar-refractivity contribution in [3.8, 4) is 0 Å². The molecule has 2 aliphatic carbocycles. The molecule has 1 fully saturated rings. The van der Waals surface area contributed by atoms with Crippen molar-refractivity contribution in [3.63, 3.8) is 0 Å². The van der Waals surface area contributed by atoms with Gasteiger partial charge in [0.2, 0.25) is 0 Å². The highest BCUT2D eigenvalue weighted by atomic mass is 79.9. The third-order valence-electron chi connectivity index (χ3n) is 3.45. The molecule has 15 heavy (non-hydrogen) atoms. The van der Waals surface area contributed by atoms with Crippen LogP contribution in [-0.2, 0) is 11.2 Å². The highest BCUT2D eigenvalue weighted by molar-refractivity contribution is 9.10. The highest BCUT2D eigenvalue weighted by Gasteiger charge is 2.60. The molecule has 1 aromatic carbocycles. The maximum atomic E-state index is 13.5. The minimum absolute atomic E-state index is 0.0458. The van der Waals surface area contributed by atoms with E-state index in [1.165, 1.54) is 6.07 Å². The first-order chi connectivity index (χ1) is 7.09. The number of carboxylic acid groups (broad SMARTS) is 1. The van der Waals surface area contributed by atoms with E-state index in [1.54, 1.807) is 0 Å². The summed E-state index contributed by atoms with van der Waals surface area (Å²) in [6, 6.07) is 3.30. The maximum Gasteiger partial charge on any atom is 0.307 e. The third-order valence-corrected chi connectivity index (χ3v) is 3.91. The molecule has 1 N–H and O–H groups in total. The number of hydrogen-bond acceptors (Lipinski definition) is 1. The third kappa shape index (κ3) is 1.17. The first kappa shape index (κ1) is 9.33. The van der Waals surface area contributed by atoms with Crippen LogP contribution in [-0.4, -0.2) is 11.1 Å². The molecule has 2 nitrogen and oxygen atoms in total. The summed E-state index contributed by atoms with van der Waals surface area (Å²) >= 11 is 3.23. The van der Waals surface area contributed by atoms with E-state index < -0.39 is 5.97 Å². The molecule has 3 rings (SSSR count). The van der Waals surface area contributed by atoms with Gasteiger partial charge >= 0.3 is 5.97 Å². The zero-order chi connectivity index (χ0) is 10.7. The van der Waals surface area contributed by atoms with Crippen LogP contribution < -0.4 is 0 Å². The lowest BCUT2D eigenvalue weighted by Gasteiger charge is -2.07. The van der Waals surface area contributed by atoms with Crippen LogP contribution in [0.4, 0.5) is 4.39 Å². The number of hydrogen-bond donors (Lipinski definition) is 1. The summed E-state index contributed by atoms with van der Waals surface area (Å²) in [4.78, 5) is 10.8. The van der Waals surface area contributed by atoms with Crippen LogP contribution in [0.25, 0.3) is 0 Å². The molecule has 0 radical (unpaired) electrons. The molecule has 0 aliphatic heterocycles. The molecule has 0 saturated heterocycles. The van der Waals surface area contributed by atoms with Crippen LogP contribution >= 0.6 is 15.9 Å². The fraction of sp³-hybridized carbons (Fsp3) is 0.364. The first-order valence-electron chi connectivity index (χ1n) is 4.80. The standard InChI is InChI=1S/C11H8BrFO2/c12-4-1-6-5(8(13)2-4)3-7-9(6)10(7)11(14)15/h1-2,7,9-10H,3H2,(H,14,15). The fourth-order valence-corrected chi connectivity index (χ4v) is 3.21. The first-order valence-corrected chi connectivity index (χ1v) is 5.59. The molecule has 0 spiro atoms. The van der Waals surface area contributed by atoms with Gasteiger partial charge in [0.25, 0.3) is 0 Å². The van der Waals surface area contributed by atoms with Crippen molar-refractivity contribution in [2.45, 2.75) is 12.3 Å². The van der Waals surface area contributed by atoms with Gasteiger partial charge in [0.05, 0.1) is 5.92 Å². The van der Waals surface area contributed by atoms with Crippen molar-refractivity contribution < 1.29 is 14.3 Å². The summed E-state index contributed by atoms with van der Waals surface area (Å²) in [6.07, 6.45) is 0.579. The monoisotopic (exact) mass is 270 g/mol. The Labute approximate surface area is 94.2 Å². The van der Waals surface area contributed by atoms with Crippen molar-refractivity contribution in [3.05, 3.63) is 33.5 Å². The van der Waals surface area contributed by atoms with Crippen LogP contribution in [0, 0.1) is 17.7 Å². The minimum Gasteiger partial charge on any atom is -0.481 e. The second-order valence-electron chi connectivity index (χ2n) is 4.21. The van der Waals surface area contributed by atoms with E-state index >= 15 is 0 Å². The van der Waals surface area contributed by atoms with Crippen LogP contribution in [0.3, 0.4) is 0 Å². The van der Waals surface area contributed by atoms with Crippen LogP contribution in [0.15, 0.2) is 16.6 Å². The summed E-state index contributed by atoms with van der Waals surface area (Å²) in [5.74, 6) is -1.08. The number of aliphatic carboxylic acids is 1. The van der Waals surface area contributed by atoms with Crippen LogP contribution in [0.2, 0.25) is 0 Å². The largest absolute Gasteiger partial charge is 0.481 e. The van der Waals surface area contributed by atoms with Gasteiger partial charge in [-0.1, -0.05) is 15.9 Å². The molecule has 3 atom stereocenters. The normalized spacial score (nSPS) is 30.9. The molecule has 1 saturated carbocycles. The van der Waals surface area contributed by atoms with E-state index in [2.05, 4.69) is 15.9 Å². The second-order valence-corrected chi connectivity index (χ2v) is 5.13. The Bertz CT molecular complexity index is 472. The molecule has 0 heterocycles. The predicted molar refractivity (Wildman–Crippen MR) is 55.2 cm³/mol. The Kier molecular flexibility index (Phi) is 1.75. The van der Waals surface area contributed by atoms with Gasteiger partial charge in [0.15, 0.2) is 0 Å². The van der Waals surface area contributed by atoms with Crippen molar-refractivity contribution in [2.24, 2.45) is 11.8 Å². The molecule has 0 amide bonds. The molecular formula is C11H8BrFO2. The summed E-state index contributed by atoms with van der Waals surface area (Å²) in [5, 5.41) is 8.92. The predicted octanol–water partition coefficient (Wildman–Crippen LogP) is 2.56. The van der Waals surface area contributed by atoms with E-state index in [0.717, 1.165) is 5.56 Å². The zero-order valence-corrected chi connectivity index (χ0v) is 9.29. The van der Waals surface area contributed by atoms with Gasteiger partial charge in [-0.05, 0) is 35.6 Å². The Hall–Kier alpha value is -0.900. The van der Waals surface area contributed by atoms with Crippen molar-refractivity contribution >= 4 is 21.9 Å². The lowest BCUT2D eigenvalue weighted by Crippen LogP contribution is -2.06. The highest BCUT2D eigenvalue weighted by Crippen LogP contribution is 2.62. The van der Waals surface area contributed by atoms with Gasteiger partial charge < -0.3 is 5.11 Å². The summed E-state index contributed by atoms with van der Waals surface area (Å²) in [5.41, 5.74) is 1.60. The van der Waals surface area contributed by atoms with Crippen molar-refractivity contribution in [2.75, 3.05) is 0 Å². The van der Waals surface area contributed by atoms with Gasteiger partial charge in [-0.2, -0.15) is 0 Å². The smallest absolute Gasteiger partial charge is 0.307 e. The van der Waals surface area contributed by atoms with Crippen LogP contribution in [0.1, 0.15) is 17.0 Å². The maximum absolute atomic E-state index is 13.5. The molecule has 2 aliphatic rings. The second kappa shape index (κ2) is 2.82. The molecule has 4 heteroatoms. The summed E-state index contributed by atoms with van der Waals surface area (Å²) in [7, 11) is 0. The van der Waals surface area contributed by atoms with Crippen molar-refractivity contribution in [1.29, 1.82) is 0 Å². The molecular weight excluding hydrogens is 263 g/mol. The number of rotatable bonds is 1. The zero-order valence-electron chi connectivity index (χ0n) is 7.71. The number of benzene rings is 1. The Morgan fingerprint density at radius 1 is 1.53 bits per heavy atom. The Morgan fingerprint density at radius 3 is 2.93 bits per heavy atom. The summed E-state index contributed by atoms with van der Waals surface area (Å²) < 4.78 is 14.2. The quantitative estimate of drug-likeness (QED) is 0.852. The Morgan fingerprint density at radius 2 is 2.27 bits per heavy atom. The molecule has 78 valence electrons. The van der Waals surface area contributed by atoms with E-state index in [1.807, 2.05) is 6.07 Å². The topological polar surface area (TPSA) is 37.3 Å². The summed E-state index contributed by atoms with van der Waals surface area (Å²) in [6.45, 7) is 0. The van der Waals surface area contributed by atoms with Gasteiger partial charge in [0, 0.05) is 10.4 Å². The van der Waals surface area contributed by atoms with E-state index in [-0.39, 0.29) is 23.6 Å². The molecule has 1 aromatic rings. The van der Waals surface area contributed by atoms with Crippen molar-refractivity contribution in [1.82, 2.24) is 0 Å². The van der Waals surface area contributed by atoms with Gasteiger partial charge in [-0.15, -0.1) is 0 Å². The van der Waals surface area contributed by atoms with Gasteiger partial charge in [-0.25, -0.2) is 4.39 Å². The Balaban J connectivity index is 2.05. The minimum atomic E-state index is -0.754. The SMILES string of the molecule is O=C(O)C1C2Cc3c(F)cc(Br)cc3C21. The van der Waals surface area contributed by atoms with Crippen LogP contribution in [0.5, 0.6) is 0 Å². The number of carbonyl (C=O) groups is 1. The fourth-order valence-electron chi connectivity index (χ4n) is 2.76. The lowest BCUT2D eigenvalue weighted by atomic mass is 10.0. The molecule has 0 bridgehead atoms. The molecule has 0 aromatic heterocycles. The van der Waals surface area contributed by atoms with Gasteiger partial charge in [0.1, 0.15) is 5.82 Å². The van der Waals surface area contributed by atoms with E-state index in [0.29, 0.717) is 16.5 Å². The number of halogens is 2. The molecule has 3 unspecified atom stereocenters. The number of fused-ring (bicyclic) bond motifs is 3.